The van der Waals surface area contributed by atoms with Crippen molar-refractivity contribution in [1.29, 1.82) is 0 Å². The summed E-state index contributed by atoms with van der Waals surface area (Å²) >= 11 is 7.34. The third kappa shape index (κ3) is 4.42. The number of carbonyl (C=O) groups is 2. The highest BCUT2D eigenvalue weighted by atomic mass is 35.5. The summed E-state index contributed by atoms with van der Waals surface area (Å²) in [6.45, 7) is 3.33. The van der Waals surface area contributed by atoms with Crippen molar-refractivity contribution in [2.45, 2.75) is 32.4 Å². The van der Waals surface area contributed by atoms with Gasteiger partial charge in [0, 0.05) is 19.0 Å². The second kappa shape index (κ2) is 7.88. The molecule has 0 saturated heterocycles. The maximum absolute atomic E-state index is 12.5. The van der Waals surface area contributed by atoms with Crippen LogP contribution in [0.3, 0.4) is 0 Å². The highest BCUT2D eigenvalue weighted by Gasteiger charge is 2.30. The van der Waals surface area contributed by atoms with Gasteiger partial charge in [-0.3, -0.25) is 9.59 Å². The number of hydrogen-bond acceptors (Lipinski definition) is 5. The van der Waals surface area contributed by atoms with Gasteiger partial charge in [0.05, 0.1) is 15.3 Å². The molecule has 2 atom stereocenters. The SMILES string of the molecule is CC(=O)Nc1cccc(C(C)NC(=O)C2CC(c3ccc(Cl)s3)=NO2)c1. The molecule has 2 aromatic rings. The fourth-order valence-corrected chi connectivity index (χ4v) is 3.64. The van der Waals surface area contributed by atoms with Gasteiger partial charge in [-0.2, -0.15) is 0 Å². The molecule has 0 radical (unpaired) electrons. The number of nitrogens with zero attached hydrogens (tertiary/aromatic N) is 1. The quantitative estimate of drug-likeness (QED) is 0.814. The van der Waals surface area contributed by atoms with Crippen molar-refractivity contribution in [3.05, 3.63) is 51.2 Å². The van der Waals surface area contributed by atoms with E-state index in [-0.39, 0.29) is 17.9 Å². The van der Waals surface area contributed by atoms with Gasteiger partial charge >= 0.3 is 0 Å². The van der Waals surface area contributed by atoms with Crippen LogP contribution in [-0.4, -0.2) is 23.6 Å². The summed E-state index contributed by atoms with van der Waals surface area (Å²) in [5.74, 6) is -0.375. The van der Waals surface area contributed by atoms with Gasteiger partial charge < -0.3 is 15.5 Å². The lowest BCUT2D eigenvalue weighted by atomic mass is 10.1. The predicted molar refractivity (Wildman–Crippen MR) is 103 cm³/mol. The molecule has 8 heteroatoms. The number of carbonyl (C=O) groups excluding carboxylic acids is 2. The average Bonchev–Trinajstić information content (AvgIpc) is 3.23. The molecule has 1 aliphatic rings. The third-order valence-electron chi connectivity index (χ3n) is 3.88. The first-order valence-electron chi connectivity index (χ1n) is 8.08. The van der Waals surface area contributed by atoms with E-state index in [0.29, 0.717) is 16.4 Å². The number of oxime groups is 1. The van der Waals surface area contributed by atoms with E-state index < -0.39 is 6.10 Å². The zero-order valence-corrected chi connectivity index (χ0v) is 15.9. The fraction of sp³-hybridized carbons (Fsp3) is 0.278. The van der Waals surface area contributed by atoms with Crippen molar-refractivity contribution in [1.82, 2.24) is 5.32 Å². The first kappa shape index (κ1) is 18.4. The molecule has 1 aliphatic heterocycles. The van der Waals surface area contributed by atoms with E-state index >= 15 is 0 Å². The highest BCUT2D eigenvalue weighted by Crippen LogP contribution is 2.27. The second-order valence-corrected chi connectivity index (χ2v) is 7.69. The average molecular weight is 392 g/mol. The molecule has 2 unspecified atom stereocenters. The van der Waals surface area contributed by atoms with Crippen LogP contribution in [-0.2, 0) is 14.4 Å². The topological polar surface area (TPSA) is 79.8 Å². The summed E-state index contributed by atoms with van der Waals surface area (Å²) in [4.78, 5) is 29.8. The van der Waals surface area contributed by atoms with E-state index in [1.807, 2.05) is 31.2 Å². The molecule has 136 valence electrons. The lowest BCUT2D eigenvalue weighted by Crippen LogP contribution is -2.36. The number of benzene rings is 1. The van der Waals surface area contributed by atoms with Crippen LogP contribution in [0.2, 0.25) is 4.34 Å². The minimum atomic E-state index is -0.660. The van der Waals surface area contributed by atoms with Crippen LogP contribution in [0.5, 0.6) is 0 Å². The second-order valence-electron chi connectivity index (χ2n) is 5.98. The number of anilines is 1. The van der Waals surface area contributed by atoms with Crippen LogP contribution in [0.1, 0.15) is 36.8 Å². The first-order valence-corrected chi connectivity index (χ1v) is 9.28. The van der Waals surface area contributed by atoms with Crippen LogP contribution in [0, 0.1) is 0 Å². The fourth-order valence-electron chi connectivity index (χ4n) is 2.61. The molecular weight excluding hydrogens is 374 g/mol. The molecule has 3 rings (SSSR count). The van der Waals surface area contributed by atoms with E-state index in [0.717, 1.165) is 16.2 Å². The summed E-state index contributed by atoms with van der Waals surface area (Å²) in [6, 6.07) is 10.8. The molecule has 0 aliphatic carbocycles. The molecule has 2 amide bonds. The Morgan fingerprint density at radius 2 is 2.15 bits per heavy atom. The molecule has 26 heavy (non-hydrogen) atoms. The van der Waals surface area contributed by atoms with Gasteiger partial charge in [0.15, 0.2) is 0 Å². The summed E-state index contributed by atoms with van der Waals surface area (Å²) in [5, 5.41) is 9.66. The standard InChI is InChI=1S/C18H18ClN3O3S/c1-10(12-4-3-5-13(8-12)21-11(2)23)20-18(24)15-9-14(22-25-15)16-6-7-17(19)26-16/h3-8,10,15H,9H2,1-2H3,(H,20,24)(H,21,23). The highest BCUT2D eigenvalue weighted by molar-refractivity contribution is 7.18. The van der Waals surface area contributed by atoms with Gasteiger partial charge in [-0.15, -0.1) is 11.3 Å². The third-order valence-corrected chi connectivity index (χ3v) is 5.16. The van der Waals surface area contributed by atoms with Gasteiger partial charge in [-0.25, -0.2) is 0 Å². The van der Waals surface area contributed by atoms with Crippen LogP contribution >= 0.6 is 22.9 Å². The molecule has 1 aromatic heterocycles. The van der Waals surface area contributed by atoms with Crippen LogP contribution in [0.4, 0.5) is 5.69 Å². The Morgan fingerprint density at radius 3 is 2.85 bits per heavy atom. The number of amides is 2. The monoisotopic (exact) mass is 391 g/mol. The van der Waals surface area contributed by atoms with Crippen LogP contribution in [0.25, 0.3) is 0 Å². The minimum Gasteiger partial charge on any atom is -0.382 e. The van der Waals surface area contributed by atoms with Crippen molar-refractivity contribution >= 4 is 46.2 Å². The molecule has 0 saturated carbocycles. The molecule has 6 nitrogen and oxygen atoms in total. The van der Waals surface area contributed by atoms with Gasteiger partial charge in [0.1, 0.15) is 5.71 Å². The predicted octanol–water partition coefficient (Wildman–Crippen LogP) is 3.73. The lowest BCUT2D eigenvalue weighted by molar-refractivity contribution is -0.131. The van der Waals surface area contributed by atoms with Crippen molar-refractivity contribution < 1.29 is 14.4 Å². The first-order chi connectivity index (χ1) is 12.4. The Labute approximate surface area is 160 Å². The Balaban J connectivity index is 1.59. The Hall–Kier alpha value is -2.38. The maximum atomic E-state index is 12.5. The largest absolute Gasteiger partial charge is 0.382 e. The molecular formula is C18H18ClN3O3S. The van der Waals surface area contributed by atoms with Gasteiger partial charge in [0.2, 0.25) is 12.0 Å². The molecule has 0 spiro atoms. The Bertz CT molecular complexity index is 865. The van der Waals surface area contributed by atoms with E-state index in [1.54, 1.807) is 12.1 Å². The minimum absolute atomic E-state index is 0.142. The molecule has 1 aromatic carbocycles. The summed E-state index contributed by atoms with van der Waals surface area (Å²) in [6.07, 6.45) is -0.256. The van der Waals surface area contributed by atoms with E-state index in [1.165, 1.54) is 18.3 Å². The number of hydrogen-bond donors (Lipinski definition) is 2. The van der Waals surface area contributed by atoms with Crippen LogP contribution < -0.4 is 10.6 Å². The molecule has 2 N–H and O–H groups in total. The van der Waals surface area contributed by atoms with Gasteiger partial charge in [0.25, 0.3) is 5.91 Å². The number of thiophene rings is 1. The molecule has 2 heterocycles. The molecule has 0 bridgehead atoms. The van der Waals surface area contributed by atoms with E-state index in [4.69, 9.17) is 16.4 Å². The van der Waals surface area contributed by atoms with Crippen molar-refractivity contribution in [2.24, 2.45) is 5.16 Å². The zero-order valence-electron chi connectivity index (χ0n) is 14.3. The number of rotatable bonds is 5. The van der Waals surface area contributed by atoms with Crippen molar-refractivity contribution in [3.63, 3.8) is 0 Å². The van der Waals surface area contributed by atoms with E-state index in [2.05, 4.69) is 15.8 Å². The smallest absolute Gasteiger partial charge is 0.264 e. The lowest BCUT2D eigenvalue weighted by Gasteiger charge is -2.17. The maximum Gasteiger partial charge on any atom is 0.264 e. The Kier molecular flexibility index (Phi) is 5.58. The molecule has 0 fully saturated rings. The summed E-state index contributed by atoms with van der Waals surface area (Å²) in [7, 11) is 0. The summed E-state index contributed by atoms with van der Waals surface area (Å²) < 4.78 is 0.670. The number of halogens is 1. The van der Waals surface area contributed by atoms with Crippen LogP contribution in [0.15, 0.2) is 41.6 Å². The Morgan fingerprint density at radius 1 is 1.35 bits per heavy atom. The summed E-state index contributed by atoms with van der Waals surface area (Å²) in [5.41, 5.74) is 2.30. The number of nitrogens with one attached hydrogen (secondary N) is 2. The normalized spacial score (nSPS) is 17.2. The van der Waals surface area contributed by atoms with Gasteiger partial charge in [-0.1, -0.05) is 28.9 Å². The van der Waals surface area contributed by atoms with Gasteiger partial charge in [-0.05, 0) is 36.8 Å². The zero-order chi connectivity index (χ0) is 18.7. The van der Waals surface area contributed by atoms with Crippen molar-refractivity contribution in [3.8, 4) is 0 Å². The van der Waals surface area contributed by atoms with Crippen molar-refractivity contribution in [2.75, 3.05) is 5.32 Å². The van der Waals surface area contributed by atoms with E-state index in [9.17, 15) is 9.59 Å².